The number of primary sulfonamides is 1. The fourth-order valence-corrected chi connectivity index (χ4v) is 4.76. The Balaban J connectivity index is 1.81. The van der Waals surface area contributed by atoms with Crippen LogP contribution in [0.15, 0.2) is 74.9 Å². The minimum atomic E-state index is -4.12. The number of hydrogen-bond donors (Lipinski definition) is 2. The van der Waals surface area contributed by atoms with Crippen LogP contribution in [0.2, 0.25) is 0 Å². The van der Waals surface area contributed by atoms with Gasteiger partial charge in [0.25, 0.3) is 10.0 Å². The maximum absolute atomic E-state index is 12.8. The summed E-state index contributed by atoms with van der Waals surface area (Å²) in [5.74, 6) is 0.287. The number of fused-ring (bicyclic) bond motifs is 3. The molecule has 0 aliphatic heterocycles. The van der Waals surface area contributed by atoms with E-state index in [1.807, 2.05) is 24.3 Å². The monoisotopic (exact) mass is 432 g/mol. The van der Waals surface area contributed by atoms with Crippen LogP contribution in [0, 0.1) is 0 Å². The Morgan fingerprint density at radius 1 is 0.862 bits per heavy atom. The highest BCUT2D eigenvalue weighted by Crippen LogP contribution is 2.37. The third kappa shape index (κ3) is 3.53. The van der Waals surface area contributed by atoms with E-state index in [2.05, 4.69) is 4.72 Å². The lowest BCUT2D eigenvalue weighted by Crippen LogP contribution is -2.16. The van der Waals surface area contributed by atoms with E-state index in [1.165, 1.54) is 31.4 Å². The molecule has 0 aliphatic rings. The Morgan fingerprint density at radius 2 is 1.59 bits per heavy atom. The molecule has 0 spiro atoms. The van der Waals surface area contributed by atoms with Crippen LogP contribution in [0.5, 0.6) is 5.75 Å². The van der Waals surface area contributed by atoms with Gasteiger partial charge in [0.05, 0.1) is 22.6 Å². The highest BCUT2D eigenvalue weighted by molar-refractivity contribution is 7.93. The number of ether oxygens (including phenoxy) is 1. The van der Waals surface area contributed by atoms with E-state index in [0.29, 0.717) is 11.2 Å². The first-order valence-electron chi connectivity index (χ1n) is 8.34. The summed E-state index contributed by atoms with van der Waals surface area (Å²) in [6.45, 7) is 0. The molecule has 0 aliphatic carbocycles. The number of rotatable bonds is 5. The quantitative estimate of drug-likeness (QED) is 0.499. The first kappa shape index (κ1) is 19.2. The maximum Gasteiger partial charge on any atom is 0.262 e. The molecule has 0 amide bonds. The topological polar surface area (TPSA) is 129 Å². The molecular weight excluding hydrogens is 416 g/mol. The van der Waals surface area contributed by atoms with Gasteiger partial charge < -0.3 is 9.15 Å². The normalized spacial score (nSPS) is 12.3. The summed E-state index contributed by atoms with van der Waals surface area (Å²) in [5.41, 5.74) is 1.29. The minimum Gasteiger partial charge on any atom is -0.495 e. The van der Waals surface area contributed by atoms with Gasteiger partial charge in [-0.15, -0.1) is 0 Å². The predicted octanol–water partition coefficient (Wildman–Crippen LogP) is 3.04. The smallest absolute Gasteiger partial charge is 0.262 e. The van der Waals surface area contributed by atoms with Gasteiger partial charge in [0, 0.05) is 16.8 Å². The van der Waals surface area contributed by atoms with Crippen molar-refractivity contribution in [3.05, 3.63) is 60.7 Å². The summed E-state index contributed by atoms with van der Waals surface area (Å²) in [7, 11) is -6.75. The summed E-state index contributed by atoms with van der Waals surface area (Å²) in [5, 5.41) is 6.74. The number of para-hydroxylation sites is 1. The number of anilines is 1. The summed E-state index contributed by atoms with van der Waals surface area (Å²) < 4.78 is 62.3. The zero-order chi connectivity index (χ0) is 20.8. The van der Waals surface area contributed by atoms with Crippen molar-refractivity contribution >= 4 is 47.7 Å². The van der Waals surface area contributed by atoms with Gasteiger partial charge in [-0.3, -0.25) is 4.72 Å². The zero-order valence-electron chi connectivity index (χ0n) is 15.1. The van der Waals surface area contributed by atoms with E-state index in [1.54, 1.807) is 6.07 Å². The molecule has 8 nitrogen and oxygen atoms in total. The molecule has 0 fully saturated rings. The molecule has 0 radical (unpaired) electrons. The largest absolute Gasteiger partial charge is 0.495 e. The van der Waals surface area contributed by atoms with Crippen LogP contribution in [-0.4, -0.2) is 23.9 Å². The number of nitrogens with two attached hydrogens (primary N) is 1. The molecule has 3 N–H and O–H groups in total. The Hall–Kier alpha value is -3.08. The molecule has 0 saturated carbocycles. The van der Waals surface area contributed by atoms with Crippen LogP contribution >= 0.6 is 0 Å². The third-order valence-corrected chi connectivity index (χ3v) is 6.66. The first-order valence-corrected chi connectivity index (χ1v) is 11.4. The number of nitrogens with one attached hydrogen (secondary N) is 1. The second-order valence-electron chi connectivity index (χ2n) is 6.27. The van der Waals surface area contributed by atoms with Crippen LogP contribution < -0.4 is 14.6 Å². The first-order chi connectivity index (χ1) is 13.7. The molecule has 10 heteroatoms. The van der Waals surface area contributed by atoms with Crippen molar-refractivity contribution in [2.75, 3.05) is 11.8 Å². The van der Waals surface area contributed by atoms with Gasteiger partial charge in [-0.1, -0.05) is 24.3 Å². The Bertz CT molecular complexity index is 1460. The van der Waals surface area contributed by atoms with Crippen molar-refractivity contribution in [2.45, 2.75) is 9.79 Å². The van der Waals surface area contributed by atoms with Crippen molar-refractivity contribution in [2.24, 2.45) is 5.14 Å². The third-order valence-electron chi connectivity index (χ3n) is 4.39. The highest BCUT2D eigenvalue weighted by atomic mass is 32.2. The maximum atomic E-state index is 12.8. The standard InChI is InChI=1S/C19H16N2O6S2/c1-26-19-10-15-14-7-2-3-8-17(14)27-18(15)11-16(19)21-29(24,25)13-6-4-5-12(9-13)28(20,22)23/h2-11,21H,1H3,(H2,20,22,23). The Morgan fingerprint density at radius 3 is 2.31 bits per heavy atom. The second-order valence-corrected chi connectivity index (χ2v) is 9.52. The van der Waals surface area contributed by atoms with Gasteiger partial charge in [-0.2, -0.15) is 0 Å². The van der Waals surface area contributed by atoms with Crippen LogP contribution in [0.4, 0.5) is 5.69 Å². The van der Waals surface area contributed by atoms with Crippen molar-refractivity contribution in [1.82, 2.24) is 0 Å². The number of furan rings is 1. The molecule has 1 heterocycles. The summed E-state index contributed by atoms with van der Waals surface area (Å²) in [6.07, 6.45) is 0. The minimum absolute atomic E-state index is 0.153. The van der Waals surface area contributed by atoms with Gasteiger partial charge in [0.1, 0.15) is 16.9 Å². The average Bonchev–Trinajstić information content (AvgIpc) is 3.04. The molecule has 0 unspecified atom stereocenters. The number of benzene rings is 3. The number of methoxy groups -OCH3 is 1. The molecule has 1 aromatic heterocycles. The van der Waals surface area contributed by atoms with Crippen molar-refractivity contribution < 1.29 is 26.0 Å². The lowest BCUT2D eigenvalue weighted by atomic mass is 10.1. The van der Waals surface area contributed by atoms with Crippen molar-refractivity contribution in [3.63, 3.8) is 0 Å². The molecule has 29 heavy (non-hydrogen) atoms. The molecule has 0 atom stereocenters. The summed E-state index contributed by atoms with van der Waals surface area (Å²) in [6, 6.07) is 15.4. The number of hydrogen-bond acceptors (Lipinski definition) is 6. The molecule has 4 rings (SSSR count). The van der Waals surface area contributed by atoms with Gasteiger partial charge in [0.2, 0.25) is 10.0 Å². The molecular formula is C19H16N2O6S2. The van der Waals surface area contributed by atoms with Gasteiger partial charge in [-0.25, -0.2) is 22.0 Å². The van der Waals surface area contributed by atoms with Gasteiger partial charge in [0.15, 0.2) is 0 Å². The van der Waals surface area contributed by atoms with Crippen LogP contribution in [0.3, 0.4) is 0 Å². The van der Waals surface area contributed by atoms with E-state index in [-0.39, 0.29) is 21.2 Å². The van der Waals surface area contributed by atoms with Crippen LogP contribution in [0.1, 0.15) is 0 Å². The summed E-state index contributed by atoms with van der Waals surface area (Å²) >= 11 is 0. The van der Waals surface area contributed by atoms with Crippen LogP contribution in [0.25, 0.3) is 21.9 Å². The molecule has 0 bridgehead atoms. The van der Waals surface area contributed by atoms with E-state index < -0.39 is 20.0 Å². The van der Waals surface area contributed by atoms with E-state index in [9.17, 15) is 16.8 Å². The highest BCUT2D eigenvalue weighted by Gasteiger charge is 2.21. The SMILES string of the molecule is COc1cc2c(cc1NS(=O)(=O)c1cccc(S(N)(=O)=O)c1)oc1ccccc12. The lowest BCUT2D eigenvalue weighted by Gasteiger charge is -2.12. The molecule has 3 aromatic carbocycles. The Labute approximate surface area is 167 Å². The lowest BCUT2D eigenvalue weighted by molar-refractivity contribution is 0.417. The summed E-state index contributed by atoms with van der Waals surface area (Å²) in [4.78, 5) is -0.559. The number of sulfonamides is 2. The van der Waals surface area contributed by atoms with Gasteiger partial charge in [-0.05, 0) is 30.3 Å². The second kappa shape index (κ2) is 6.76. The fourth-order valence-electron chi connectivity index (χ4n) is 3.02. The van der Waals surface area contributed by atoms with E-state index in [0.717, 1.165) is 16.8 Å². The van der Waals surface area contributed by atoms with Crippen molar-refractivity contribution in [3.8, 4) is 5.75 Å². The fraction of sp³-hybridized carbons (Fsp3) is 0.0526. The van der Waals surface area contributed by atoms with E-state index in [4.69, 9.17) is 14.3 Å². The zero-order valence-corrected chi connectivity index (χ0v) is 16.7. The van der Waals surface area contributed by atoms with E-state index >= 15 is 0 Å². The molecule has 4 aromatic rings. The predicted molar refractivity (Wildman–Crippen MR) is 109 cm³/mol. The average molecular weight is 432 g/mol. The van der Waals surface area contributed by atoms with Gasteiger partial charge >= 0.3 is 0 Å². The molecule has 0 saturated heterocycles. The van der Waals surface area contributed by atoms with Crippen LogP contribution in [-0.2, 0) is 20.0 Å². The molecule has 150 valence electrons. The van der Waals surface area contributed by atoms with Crippen molar-refractivity contribution in [1.29, 1.82) is 0 Å². The Kier molecular flexibility index (Phi) is 4.49.